The maximum Gasteiger partial charge on any atom is 0.407 e. The summed E-state index contributed by atoms with van der Waals surface area (Å²) in [6.45, 7) is 5.32. The van der Waals surface area contributed by atoms with Crippen molar-refractivity contribution in [2.45, 2.75) is 45.8 Å². The summed E-state index contributed by atoms with van der Waals surface area (Å²) >= 11 is 0. The molecular weight excluding hydrogens is 739 g/mol. The van der Waals surface area contributed by atoms with Gasteiger partial charge in [0.15, 0.2) is 0 Å². The highest BCUT2D eigenvalue weighted by atomic mass is 16.5. The largest absolute Gasteiger partial charge is 0.453 e. The van der Waals surface area contributed by atoms with E-state index in [-0.39, 0.29) is 31.4 Å². The number of hydrogen-bond acceptors (Lipinski definition) is 9. The molecular formula is C43H47N9O6. The predicted octanol–water partition coefficient (Wildman–Crippen LogP) is 6.61. The van der Waals surface area contributed by atoms with E-state index in [1.165, 1.54) is 14.2 Å². The van der Waals surface area contributed by atoms with Crippen molar-refractivity contribution in [1.82, 2.24) is 45.4 Å². The van der Waals surface area contributed by atoms with E-state index in [0.29, 0.717) is 36.7 Å². The third kappa shape index (κ3) is 10.0. The van der Waals surface area contributed by atoms with Crippen LogP contribution < -0.4 is 10.6 Å². The molecule has 0 aliphatic rings. The average Bonchev–Trinajstić information content (AvgIpc) is 3.94. The van der Waals surface area contributed by atoms with Gasteiger partial charge in [-0.05, 0) is 58.5 Å². The van der Waals surface area contributed by atoms with Gasteiger partial charge in [0.1, 0.15) is 24.2 Å². The molecule has 15 nitrogen and oxygen atoms in total. The number of amides is 4. The van der Waals surface area contributed by atoms with E-state index in [9.17, 15) is 19.2 Å². The van der Waals surface area contributed by atoms with Gasteiger partial charge >= 0.3 is 12.2 Å². The number of carbonyl (C=O) groups excluding carboxylic acids is 4. The number of nitrogens with zero attached hydrogens (tertiary/aromatic N) is 5. The second kappa shape index (κ2) is 19.2. The molecule has 0 aliphatic heterocycles. The average molecular weight is 786 g/mol. The van der Waals surface area contributed by atoms with Gasteiger partial charge in [-0.25, -0.2) is 19.6 Å². The molecule has 4 N–H and O–H groups in total. The highest BCUT2D eigenvalue weighted by Gasteiger charge is 2.28. The van der Waals surface area contributed by atoms with Crippen molar-refractivity contribution in [3.63, 3.8) is 0 Å². The second-order valence-electron chi connectivity index (χ2n) is 13.6. The Hall–Kier alpha value is -7.03. The fourth-order valence-electron chi connectivity index (χ4n) is 6.60. The van der Waals surface area contributed by atoms with E-state index in [1.54, 1.807) is 46.7 Å². The van der Waals surface area contributed by atoms with Gasteiger partial charge in [0.25, 0.3) is 0 Å². The molecule has 6 aromatic rings. The molecule has 15 heteroatoms. The third-order valence-corrected chi connectivity index (χ3v) is 9.55. The quantitative estimate of drug-likeness (QED) is 0.0837. The minimum Gasteiger partial charge on any atom is -0.453 e. The lowest BCUT2D eigenvalue weighted by atomic mass is 9.98. The van der Waals surface area contributed by atoms with Gasteiger partial charge in [-0.3, -0.25) is 14.6 Å². The summed E-state index contributed by atoms with van der Waals surface area (Å²) in [7, 11) is 2.51. The lowest BCUT2D eigenvalue weighted by Gasteiger charge is -2.27. The first-order valence-corrected chi connectivity index (χ1v) is 19.0. The van der Waals surface area contributed by atoms with Crippen molar-refractivity contribution in [3.05, 3.63) is 115 Å². The van der Waals surface area contributed by atoms with Crippen molar-refractivity contribution in [2.75, 3.05) is 33.9 Å². The summed E-state index contributed by atoms with van der Waals surface area (Å²) in [5.74, 6) is 0.744. The monoisotopic (exact) mass is 785 g/mol. The number of nitrogens with one attached hydrogen (secondary N) is 4. The van der Waals surface area contributed by atoms with Gasteiger partial charge < -0.3 is 39.9 Å². The zero-order chi connectivity index (χ0) is 41.0. The van der Waals surface area contributed by atoms with Crippen molar-refractivity contribution in [2.24, 2.45) is 0 Å². The number of benzene rings is 3. The molecule has 3 aromatic heterocycles. The fourth-order valence-corrected chi connectivity index (χ4v) is 6.60. The minimum atomic E-state index is -0.964. The summed E-state index contributed by atoms with van der Waals surface area (Å²) in [5.41, 5.74) is 6.24. The van der Waals surface area contributed by atoms with E-state index < -0.39 is 18.2 Å². The van der Waals surface area contributed by atoms with E-state index in [4.69, 9.17) is 4.74 Å². The molecule has 0 bridgehead atoms. The normalized spacial score (nSPS) is 11.4. The first-order chi connectivity index (χ1) is 28.2. The molecule has 0 fully saturated rings. The molecule has 0 unspecified atom stereocenters. The third-order valence-electron chi connectivity index (χ3n) is 9.55. The first-order valence-electron chi connectivity index (χ1n) is 19.0. The number of H-pyrrole nitrogens is 2. The Kier molecular flexibility index (Phi) is 13.5. The van der Waals surface area contributed by atoms with Crippen LogP contribution in [0.15, 0.2) is 97.6 Å². The number of aromatic amines is 2. The zero-order valence-electron chi connectivity index (χ0n) is 33.0. The maximum atomic E-state index is 13.8. The topological polar surface area (TPSA) is 188 Å². The number of rotatable bonds is 16. The highest BCUT2D eigenvalue weighted by Crippen LogP contribution is 2.30. The second-order valence-corrected chi connectivity index (χ2v) is 13.6. The number of imidazole rings is 2. The molecule has 3 heterocycles. The van der Waals surface area contributed by atoms with Crippen LogP contribution in [-0.2, 0) is 32.2 Å². The van der Waals surface area contributed by atoms with Crippen LogP contribution in [0.25, 0.3) is 44.4 Å². The summed E-state index contributed by atoms with van der Waals surface area (Å²) in [5, 5.41) is 7.24. The van der Waals surface area contributed by atoms with Crippen molar-refractivity contribution in [1.29, 1.82) is 0 Å². The molecule has 3 aromatic carbocycles. The van der Waals surface area contributed by atoms with Gasteiger partial charge in [0, 0.05) is 36.6 Å². The van der Waals surface area contributed by atoms with Crippen LogP contribution in [0.4, 0.5) is 9.59 Å². The number of aromatic nitrogens is 5. The molecule has 4 amide bonds. The van der Waals surface area contributed by atoms with Gasteiger partial charge in [-0.1, -0.05) is 68.4 Å². The number of methoxy groups -OCH3 is 2. The Bertz CT molecular complexity index is 2340. The Morgan fingerprint density at radius 1 is 0.690 bits per heavy atom. The molecule has 0 radical (unpaired) electrons. The van der Waals surface area contributed by atoms with Gasteiger partial charge in [-0.15, -0.1) is 0 Å². The van der Waals surface area contributed by atoms with E-state index >= 15 is 0 Å². The highest BCUT2D eigenvalue weighted by molar-refractivity contribution is 5.91. The van der Waals surface area contributed by atoms with Crippen LogP contribution in [0.1, 0.15) is 49.9 Å². The number of pyridine rings is 1. The molecule has 1 atom stereocenters. The van der Waals surface area contributed by atoms with Crippen LogP contribution in [-0.4, -0.2) is 92.6 Å². The summed E-state index contributed by atoms with van der Waals surface area (Å²) in [6, 6.07) is 23.3. The van der Waals surface area contributed by atoms with Gasteiger partial charge in [0.2, 0.25) is 11.8 Å². The molecule has 300 valence electrons. The van der Waals surface area contributed by atoms with E-state index in [2.05, 4.69) is 82.8 Å². The molecule has 0 aliphatic carbocycles. The summed E-state index contributed by atoms with van der Waals surface area (Å²) in [6.07, 6.45) is 6.79. The van der Waals surface area contributed by atoms with E-state index in [0.717, 1.165) is 50.8 Å². The van der Waals surface area contributed by atoms with Crippen LogP contribution in [0.3, 0.4) is 0 Å². The van der Waals surface area contributed by atoms with Crippen molar-refractivity contribution < 1.29 is 28.7 Å². The van der Waals surface area contributed by atoms with Crippen molar-refractivity contribution >= 4 is 34.8 Å². The van der Waals surface area contributed by atoms with Gasteiger partial charge in [0.05, 0.1) is 51.1 Å². The smallest absolute Gasteiger partial charge is 0.407 e. The van der Waals surface area contributed by atoms with Crippen molar-refractivity contribution in [3.8, 4) is 33.6 Å². The molecule has 58 heavy (non-hydrogen) atoms. The first kappa shape index (κ1) is 40.6. The Morgan fingerprint density at radius 2 is 1.26 bits per heavy atom. The maximum absolute atomic E-state index is 13.8. The SMILES string of the molecule is CCCN(Cc1ncc(-c2ccc3cc(-c4ccc(-c5cnc(CN(CCC)C(=O)[C@@H](NC(=O)OC)c6cccnc6)[nH]5)cc4)ccc3c2)[nH]1)C(=O)CNC(=O)OC. The number of alkyl carbamates (subject to hydrolysis) is 2. The van der Waals surface area contributed by atoms with Gasteiger partial charge in [-0.2, -0.15) is 0 Å². The molecule has 0 spiro atoms. The lowest BCUT2D eigenvalue weighted by Crippen LogP contribution is -2.43. The summed E-state index contributed by atoms with van der Waals surface area (Å²) in [4.78, 5) is 73.4. The van der Waals surface area contributed by atoms with Crippen LogP contribution in [0, 0.1) is 0 Å². The number of fused-ring (bicyclic) bond motifs is 1. The van der Waals surface area contributed by atoms with Crippen LogP contribution in [0.5, 0.6) is 0 Å². The van der Waals surface area contributed by atoms with E-state index in [1.807, 2.05) is 32.0 Å². The zero-order valence-corrected chi connectivity index (χ0v) is 33.0. The Morgan fingerprint density at radius 3 is 1.88 bits per heavy atom. The lowest BCUT2D eigenvalue weighted by molar-refractivity contribution is -0.134. The molecule has 0 saturated heterocycles. The van der Waals surface area contributed by atoms with Crippen LogP contribution >= 0.6 is 0 Å². The Labute approximate surface area is 336 Å². The Balaban J connectivity index is 1.11. The predicted molar refractivity (Wildman–Crippen MR) is 219 cm³/mol. The molecule has 6 rings (SSSR count). The summed E-state index contributed by atoms with van der Waals surface area (Å²) < 4.78 is 9.36. The molecule has 0 saturated carbocycles. The number of ether oxygens (including phenoxy) is 2. The minimum absolute atomic E-state index is 0.152. The standard InChI is InChI=1S/C43H47N9O6/c1-5-18-51(39(53)25-47-42(55)57-3)26-37-46-24-36(49-37)33-16-15-31-20-30(13-14-32(31)21-33)28-9-11-29(12-10-28)35-23-45-38(48-35)27-52(19-6-2)41(54)40(50-43(56)58-4)34-8-7-17-44-22-34/h7-17,20-24,40H,5-6,18-19,25-27H2,1-4H3,(H,45,48)(H,46,49)(H,47,55)(H,50,56)/t40-/m0/s1. The van der Waals surface area contributed by atoms with Crippen LogP contribution in [0.2, 0.25) is 0 Å². The number of hydrogen-bond donors (Lipinski definition) is 4. The number of carbonyl (C=O) groups is 4. The fraction of sp³-hybridized carbons (Fsp3) is 0.279.